The van der Waals surface area contributed by atoms with E-state index in [2.05, 4.69) is 15.5 Å². The monoisotopic (exact) mass is 723 g/mol. The van der Waals surface area contributed by atoms with Crippen LogP contribution in [0.1, 0.15) is 77.8 Å². The number of rotatable bonds is 11. The maximum atomic E-state index is 14.8. The molecule has 1 aromatic rings. The van der Waals surface area contributed by atoms with Gasteiger partial charge in [0.2, 0.25) is 23.6 Å². The van der Waals surface area contributed by atoms with Gasteiger partial charge in [-0.1, -0.05) is 18.2 Å². The highest BCUT2D eigenvalue weighted by atomic mass is 19.3. The highest BCUT2D eigenvalue weighted by Gasteiger charge is 2.49. The topological polar surface area (TPSA) is 141 Å². The molecule has 1 aliphatic carbocycles. The number of alkyl halides is 3. The number of nitrogens with zero attached hydrogens (tertiary/aromatic N) is 3. The molecule has 3 heterocycles. The molecule has 1 aromatic carbocycles. The van der Waals surface area contributed by atoms with E-state index >= 15 is 0 Å². The van der Waals surface area contributed by atoms with E-state index in [0.29, 0.717) is 38.3 Å². The summed E-state index contributed by atoms with van der Waals surface area (Å²) < 4.78 is 54.8. The molecule has 0 aromatic heterocycles. The molecule has 5 rings (SSSR count). The molecule has 2 saturated heterocycles. The Labute approximate surface area is 297 Å². The third kappa shape index (κ3) is 9.08. The number of ether oxygens (including phenoxy) is 2. The first-order valence-electron chi connectivity index (χ1n) is 18.0. The van der Waals surface area contributed by atoms with E-state index < -0.39 is 85.3 Å². The number of carbonyl (C=O) groups excluding carboxylic acids is 3. The van der Waals surface area contributed by atoms with E-state index in [9.17, 15) is 37.5 Å². The summed E-state index contributed by atoms with van der Waals surface area (Å²) in [4.78, 5) is 59.3. The molecule has 0 bridgehead atoms. The standard InChI is InChI=1S/C36H52F3N5O7/c1-5-50-25-16-24-19-43(28(21-42(24)20-25)32(46)40-27-12-15-51-29-9-7-6-8-26(27)29)33(47)30(22-10-13-36(38,39)14-11-22)41-31(45)23(17-37)18-44(34(48)49)35(2,3)4/h6-9,22-25,27-28,30H,5,10-21H2,1-4H3,(H,40,46)(H,41,45)(H,48,49)/t23-,24+,25+,27+,28-,30-/m0/s1. The highest BCUT2D eigenvalue weighted by molar-refractivity contribution is 5.93. The van der Waals surface area contributed by atoms with Crippen LogP contribution in [0.15, 0.2) is 24.3 Å². The Morgan fingerprint density at radius 3 is 2.45 bits per heavy atom. The number of fused-ring (bicyclic) bond motifs is 2. The van der Waals surface area contributed by atoms with Gasteiger partial charge in [-0.05, 0) is 58.9 Å². The summed E-state index contributed by atoms with van der Waals surface area (Å²) in [5.41, 5.74) is -0.132. The second-order valence-corrected chi connectivity index (χ2v) is 15.3. The molecule has 0 radical (unpaired) electrons. The van der Waals surface area contributed by atoms with Gasteiger partial charge in [0.1, 0.15) is 24.5 Å². The van der Waals surface area contributed by atoms with Gasteiger partial charge >= 0.3 is 6.09 Å². The minimum atomic E-state index is -2.92. The lowest BCUT2D eigenvalue weighted by molar-refractivity contribution is -0.151. The summed E-state index contributed by atoms with van der Waals surface area (Å²) in [5, 5.41) is 15.6. The number of hydrogen-bond donors (Lipinski definition) is 3. The van der Waals surface area contributed by atoms with Crippen molar-refractivity contribution in [1.29, 1.82) is 0 Å². The second-order valence-electron chi connectivity index (χ2n) is 15.3. The fourth-order valence-corrected chi connectivity index (χ4v) is 7.90. The van der Waals surface area contributed by atoms with Crippen molar-refractivity contribution in [2.75, 3.05) is 46.1 Å². The molecule has 4 amide bonds. The Morgan fingerprint density at radius 2 is 1.80 bits per heavy atom. The number of piperazine rings is 1. The van der Waals surface area contributed by atoms with Gasteiger partial charge in [-0.3, -0.25) is 23.7 Å². The van der Waals surface area contributed by atoms with Crippen molar-refractivity contribution in [3.8, 4) is 5.75 Å². The Morgan fingerprint density at radius 1 is 1.10 bits per heavy atom. The van der Waals surface area contributed by atoms with Crippen LogP contribution in [-0.2, 0) is 19.1 Å². The van der Waals surface area contributed by atoms with Gasteiger partial charge in [0.05, 0.1) is 24.7 Å². The number of carbonyl (C=O) groups is 4. The predicted octanol–water partition coefficient (Wildman–Crippen LogP) is 3.99. The molecule has 12 nitrogen and oxygen atoms in total. The fraction of sp³-hybridized carbons (Fsp3) is 0.722. The minimum Gasteiger partial charge on any atom is -0.493 e. The van der Waals surface area contributed by atoms with Crippen LogP contribution in [0.2, 0.25) is 0 Å². The van der Waals surface area contributed by atoms with Crippen LogP contribution in [0.4, 0.5) is 18.0 Å². The Kier molecular flexibility index (Phi) is 12.1. The van der Waals surface area contributed by atoms with Gasteiger partial charge in [-0.2, -0.15) is 0 Å². The summed E-state index contributed by atoms with van der Waals surface area (Å²) >= 11 is 0. The van der Waals surface area contributed by atoms with Gasteiger partial charge in [-0.25, -0.2) is 13.6 Å². The summed E-state index contributed by atoms with van der Waals surface area (Å²) in [6.07, 6.45) is -1.41. The van der Waals surface area contributed by atoms with Crippen molar-refractivity contribution in [3.05, 3.63) is 29.8 Å². The first-order chi connectivity index (χ1) is 24.1. The van der Waals surface area contributed by atoms with E-state index in [1.165, 1.54) is 4.90 Å². The Bertz CT molecular complexity index is 1420. The Hall–Kier alpha value is -3.59. The predicted molar refractivity (Wildman–Crippen MR) is 181 cm³/mol. The van der Waals surface area contributed by atoms with Crippen LogP contribution in [0.5, 0.6) is 5.75 Å². The van der Waals surface area contributed by atoms with Gasteiger partial charge in [-0.15, -0.1) is 0 Å². The smallest absolute Gasteiger partial charge is 0.407 e. The first kappa shape index (κ1) is 38.6. The van der Waals surface area contributed by atoms with Crippen LogP contribution >= 0.6 is 0 Å². The number of hydrogen-bond acceptors (Lipinski definition) is 7. The molecule has 1 saturated carbocycles. The summed E-state index contributed by atoms with van der Waals surface area (Å²) in [6, 6.07) is 4.60. The number of nitrogens with one attached hydrogen (secondary N) is 2. The molecule has 6 atom stereocenters. The first-order valence-corrected chi connectivity index (χ1v) is 18.0. The van der Waals surface area contributed by atoms with E-state index in [4.69, 9.17) is 9.47 Å². The summed E-state index contributed by atoms with van der Waals surface area (Å²) in [6.45, 7) is 6.90. The zero-order valence-electron chi connectivity index (χ0n) is 29.9. The molecule has 284 valence electrons. The fourth-order valence-electron chi connectivity index (χ4n) is 7.90. The SMILES string of the molecule is CCO[C@@H]1C[C@@H]2CN(C(=O)[C@@H](NC(=O)[C@@H](CF)CN(C(=O)O)C(C)(C)C)C3CCC(F)(F)CC3)[C@H](C(=O)N[C@@H]3CCOc4ccccc43)CN2C1. The molecule has 0 unspecified atom stereocenters. The average Bonchev–Trinajstić information content (AvgIpc) is 3.48. The maximum Gasteiger partial charge on any atom is 0.407 e. The van der Waals surface area contributed by atoms with Crippen LogP contribution in [0.3, 0.4) is 0 Å². The lowest BCUT2D eigenvalue weighted by Crippen LogP contribution is -2.66. The third-order valence-electron chi connectivity index (χ3n) is 10.7. The molecular weight excluding hydrogens is 671 g/mol. The zero-order chi connectivity index (χ0) is 37.1. The number of para-hydroxylation sites is 1. The van der Waals surface area contributed by atoms with Crippen LogP contribution < -0.4 is 15.4 Å². The zero-order valence-corrected chi connectivity index (χ0v) is 29.9. The third-order valence-corrected chi connectivity index (χ3v) is 10.7. The second kappa shape index (κ2) is 16.0. The van der Waals surface area contributed by atoms with Gasteiger partial charge in [0.15, 0.2) is 0 Å². The quantitative estimate of drug-likeness (QED) is 0.312. The molecule has 3 fully saturated rings. The normalized spacial score (nSPS) is 26.2. The van der Waals surface area contributed by atoms with E-state index in [0.717, 1.165) is 10.5 Å². The molecule has 0 spiro atoms. The van der Waals surface area contributed by atoms with Crippen molar-refractivity contribution in [3.63, 3.8) is 0 Å². The molecular formula is C36H52F3N5O7. The van der Waals surface area contributed by atoms with Gasteiger partial charge in [0, 0.05) is 69.2 Å². The van der Waals surface area contributed by atoms with Crippen LogP contribution in [0.25, 0.3) is 0 Å². The number of halogens is 3. The number of amides is 4. The average molecular weight is 724 g/mol. The van der Waals surface area contributed by atoms with Crippen molar-refractivity contribution < 1.29 is 46.9 Å². The largest absolute Gasteiger partial charge is 0.493 e. The molecule has 51 heavy (non-hydrogen) atoms. The molecule has 4 aliphatic rings. The molecule has 15 heteroatoms. The van der Waals surface area contributed by atoms with Gasteiger partial charge in [0.25, 0.3) is 0 Å². The number of benzene rings is 1. The molecule has 3 N–H and O–H groups in total. The Balaban J connectivity index is 1.43. The van der Waals surface area contributed by atoms with Crippen molar-refractivity contribution in [2.45, 2.75) is 108 Å². The van der Waals surface area contributed by atoms with Crippen LogP contribution in [-0.4, -0.2) is 125 Å². The van der Waals surface area contributed by atoms with Crippen molar-refractivity contribution in [2.24, 2.45) is 11.8 Å². The van der Waals surface area contributed by atoms with Crippen molar-refractivity contribution >= 4 is 23.8 Å². The summed E-state index contributed by atoms with van der Waals surface area (Å²) in [7, 11) is 0. The maximum absolute atomic E-state index is 14.8. The lowest BCUT2D eigenvalue weighted by Gasteiger charge is -2.45. The summed E-state index contributed by atoms with van der Waals surface area (Å²) in [5.74, 6) is -6.30. The van der Waals surface area contributed by atoms with Crippen molar-refractivity contribution in [1.82, 2.24) is 25.3 Å². The van der Waals surface area contributed by atoms with E-state index in [1.807, 2.05) is 31.2 Å². The van der Waals surface area contributed by atoms with E-state index in [1.54, 1.807) is 20.8 Å². The highest BCUT2D eigenvalue weighted by Crippen LogP contribution is 2.39. The lowest BCUT2D eigenvalue weighted by atomic mass is 9.81. The number of carboxylic acid groups (broad SMARTS) is 1. The van der Waals surface area contributed by atoms with E-state index in [-0.39, 0.29) is 44.1 Å². The minimum absolute atomic E-state index is 0.0707. The molecule has 3 aliphatic heterocycles. The van der Waals surface area contributed by atoms with Crippen LogP contribution in [0, 0.1) is 11.8 Å². The van der Waals surface area contributed by atoms with Gasteiger partial charge < -0.3 is 35.0 Å².